The van der Waals surface area contributed by atoms with Gasteiger partial charge in [-0.05, 0) is 35.2 Å². The van der Waals surface area contributed by atoms with E-state index in [1.807, 2.05) is 13.8 Å². The van der Waals surface area contributed by atoms with Gasteiger partial charge < -0.3 is 15.5 Å². The molecule has 3 N–H and O–H groups in total. The van der Waals surface area contributed by atoms with E-state index in [1.54, 1.807) is 25.1 Å². The summed E-state index contributed by atoms with van der Waals surface area (Å²) in [4.78, 5) is 30.3. The molecule has 0 aliphatic carbocycles. The number of carboxylic acid groups (broad SMARTS) is 1. The summed E-state index contributed by atoms with van der Waals surface area (Å²) in [5.74, 6) is -0.466. The first-order valence-corrected chi connectivity index (χ1v) is 12.0. The molecule has 172 valence electrons. The van der Waals surface area contributed by atoms with Crippen molar-refractivity contribution in [3.8, 4) is 0 Å². The number of nitrogens with zero attached hydrogens (tertiary/aromatic N) is 2. The van der Waals surface area contributed by atoms with E-state index in [0.717, 1.165) is 0 Å². The number of fused-ring (bicyclic) bond motifs is 1. The van der Waals surface area contributed by atoms with Crippen LogP contribution in [0.5, 0.6) is 0 Å². The lowest BCUT2D eigenvalue weighted by molar-refractivity contribution is 0.0915. The van der Waals surface area contributed by atoms with Crippen molar-refractivity contribution in [3.63, 3.8) is 0 Å². The standard InChI is InChI=1S/C22H27N3O6S/c1-4-32(30,31)17-7-5-14(6-8-17)18(12-26)24-21(27)15-9-16-11-25(22(28)29)20(13(2)3)19(16)23-10-15/h5-10,13,18,20,26H,4,11-12H2,1-3H3,(H,24,27)(H,28,29)/t18-,20?/m0/s1. The van der Waals surface area contributed by atoms with Gasteiger partial charge in [0, 0.05) is 6.20 Å². The Labute approximate surface area is 187 Å². The molecule has 3 rings (SSSR count). The van der Waals surface area contributed by atoms with Crippen molar-refractivity contribution >= 4 is 21.8 Å². The molecular weight excluding hydrogens is 434 g/mol. The molecule has 1 aromatic carbocycles. The van der Waals surface area contributed by atoms with Crippen molar-refractivity contribution in [2.75, 3.05) is 12.4 Å². The number of sulfone groups is 1. The van der Waals surface area contributed by atoms with Crippen LogP contribution in [-0.4, -0.2) is 52.9 Å². The summed E-state index contributed by atoms with van der Waals surface area (Å²) in [6.07, 6.45) is 0.363. The minimum atomic E-state index is -3.34. The van der Waals surface area contributed by atoms with E-state index in [1.165, 1.54) is 23.2 Å². The lowest BCUT2D eigenvalue weighted by Gasteiger charge is -2.24. The van der Waals surface area contributed by atoms with Crippen LogP contribution in [0.15, 0.2) is 41.4 Å². The van der Waals surface area contributed by atoms with E-state index in [2.05, 4.69) is 10.3 Å². The Hall–Kier alpha value is -2.98. The van der Waals surface area contributed by atoms with Crippen molar-refractivity contribution in [3.05, 3.63) is 58.9 Å². The fourth-order valence-corrected chi connectivity index (χ4v) is 4.76. The van der Waals surface area contributed by atoms with Crippen LogP contribution in [-0.2, 0) is 16.4 Å². The van der Waals surface area contributed by atoms with Crippen molar-refractivity contribution in [2.45, 2.75) is 44.3 Å². The molecule has 2 amide bonds. The zero-order valence-electron chi connectivity index (χ0n) is 18.1. The second kappa shape index (κ2) is 9.25. The van der Waals surface area contributed by atoms with Gasteiger partial charge in [0.1, 0.15) is 0 Å². The molecule has 2 atom stereocenters. The van der Waals surface area contributed by atoms with E-state index in [4.69, 9.17) is 0 Å². The summed E-state index contributed by atoms with van der Waals surface area (Å²) >= 11 is 0. The van der Waals surface area contributed by atoms with Gasteiger partial charge in [-0.1, -0.05) is 32.9 Å². The number of carbonyl (C=O) groups is 2. The van der Waals surface area contributed by atoms with Gasteiger partial charge in [-0.25, -0.2) is 13.2 Å². The second-order valence-corrected chi connectivity index (χ2v) is 10.3. The van der Waals surface area contributed by atoms with Gasteiger partial charge in [-0.3, -0.25) is 14.7 Å². The van der Waals surface area contributed by atoms with Crippen molar-refractivity contribution in [1.82, 2.24) is 15.2 Å². The Morgan fingerprint density at radius 3 is 2.44 bits per heavy atom. The summed E-state index contributed by atoms with van der Waals surface area (Å²) in [5, 5.41) is 22.0. The average Bonchev–Trinajstić information content (AvgIpc) is 3.17. The Bertz CT molecular complexity index is 1110. The van der Waals surface area contributed by atoms with Gasteiger partial charge in [0.15, 0.2) is 9.84 Å². The third-order valence-corrected chi connectivity index (χ3v) is 7.36. The maximum atomic E-state index is 12.8. The summed E-state index contributed by atoms with van der Waals surface area (Å²) in [5.41, 5.74) is 2.13. The highest BCUT2D eigenvalue weighted by atomic mass is 32.2. The zero-order chi connectivity index (χ0) is 23.6. The Morgan fingerprint density at radius 2 is 1.91 bits per heavy atom. The van der Waals surface area contributed by atoms with E-state index < -0.39 is 27.9 Å². The molecule has 1 aliphatic heterocycles. The predicted molar refractivity (Wildman–Crippen MR) is 117 cm³/mol. The van der Waals surface area contributed by atoms with Gasteiger partial charge in [0.2, 0.25) is 0 Å². The maximum Gasteiger partial charge on any atom is 0.408 e. The molecule has 2 heterocycles. The van der Waals surface area contributed by atoms with Gasteiger partial charge in [-0.15, -0.1) is 0 Å². The van der Waals surface area contributed by atoms with E-state index >= 15 is 0 Å². The number of carbonyl (C=O) groups excluding carboxylic acids is 1. The molecule has 10 heteroatoms. The van der Waals surface area contributed by atoms with Crippen LogP contribution in [0.25, 0.3) is 0 Å². The molecule has 0 bridgehead atoms. The van der Waals surface area contributed by atoms with Gasteiger partial charge in [0.25, 0.3) is 5.91 Å². The van der Waals surface area contributed by atoms with Crippen LogP contribution in [0.1, 0.15) is 60.0 Å². The third kappa shape index (κ3) is 4.61. The molecule has 32 heavy (non-hydrogen) atoms. The topological polar surface area (TPSA) is 137 Å². The highest BCUT2D eigenvalue weighted by Gasteiger charge is 2.37. The number of amides is 2. The largest absolute Gasteiger partial charge is 0.465 e. The minimum Gasteiger partial charge on any atom is -0.465 e. The second-order valence-electron chi connectivity index (χ2n) is 8.05. The first-order chi connectivity index (χ1) is 15.1. The fourth-order valence-electron chi connectivity index (χ4n) is 3.88. The number of aromatic nitrogens is 1. The molecule has 2 aromatic rings. The Kier molecular flexibility index (Phi) is 6.85. The van der Waals surface area contributed by atoms with E-state index in [9.17, 15) is 28.2 Å². The zero-order valence-corrected chi connectivity index (χ0v) is 19.0. The molecule has 1 aliphatic rings. The molecule has 0 saturated carbocycles. The normalized spacial score (nSPS) is 16.7. The number of benzene rings is 1. The molecule has 9 nitrogen and oxygen atoms in total. The summed E-state index contributed by atoms with van der Waals surface area (Å²) in [7, 11) is -3.34. The molecular formula is C22H27N3O6S. The van der Waals surface area contributed by atoms with Gasteiger partial charge in [0.05, 0.1) is 47.1 Å². The Morgan fingerprint density at radius 1 is 1.25 bits per heavy atom. The van der Waals surface area contributed by atoms with Gasteiger partial charge >= 0.3 is 6.09 Å². The Balaban J connectivity index is 1.80. The minimum absolute atomic E-state index is 0.0190. The van der Waals surface area contributed by atoms with Crippen LogP contribution in [0, 0.1) is 5.92 Å². The number of pyridine rings is 1. The first kappa shape index (κ1) is 23.7. The SMILES string of the molecule is CCS(=O)(=O)c1ccc([C@H](CO)NC(=O)c2cnc3c(c2)CN(C(=O)O)C3C(C)C)cc1. The molecule has 0 saturated heterocycles. The highest BCUT2D eigenvalue weighted by Crippen LogP contribution is 2.37. The molecule has 1 aromatic heterocycles. The molecule has 0 radical (unpaired) electrons. The monoisotopic (exact) mass is 461 g/mol. The fraction of sp³-hybridized carbons (Fsp3) is 0.409. The van der Waals surface area contributed by atoms with Crippen molar-refractivity contribution in [2.24, 2.45) is 5.92 Å². The third-order valence-electron chi connectivity index (χ3n) is 5.61. The van der Waals surface area contributed by atoms with Crippen LogP contribution >= 0.6 is 0 Å². The lowest BCUT2D eigenvalue weighted by Crippen LogP contribution is -2.31. The summed E-state index contributed by atoms with van der Waals surface area (Å²) in [6, 6.07) is 6.53. The van der Waals surface area contributed by atoms with Gasteiger partial charge in [-0.2, -0.15) is 0 Å². The molecule has 1 unspecified atom stereocenters. The van der Waals surface area contributed by atoms with E-state index in [-0.39, 0.29) is 41.3 Å². The number of aliphatic hydroxyl groups excluding tert-OH is 1. The van der Waals surface area contributed by atoms with E-state index in [0.29, 0.717) is 16.8 Å². The van der Waals surface area contributed by atoms with Crippen LogP contribution in [0.3, 0.4) is 0 Å². The lowest BCUT2D eigenvalue weighted by atomic mass is 9.99. The average molecular weight is 462 g/mol. The number of aliphatic hydroxyl groups is 1. The number of rotatable bonds is 7. The van der Waals surface area contributed by atoms with Crippen molar-refractivity contribution in [1.29, 1.82) is 0 Å². The number of nitrogens with one attached hydrogen (secondary N) is 1. The van der Waals surface area contributed by atoms with Crippen LogP contribution < -0.4 is 5.32 Å². The summed E-state index contributed by atoms with van der Waals surface area (Å²) in [6.45, 7) is 5.16. The molecule has 0 spiro atoms. The number of hydrogen-bond acceptors (Lipinski definition) is 6. The van der Waals surface area contributed by atoms with Crippen LogP contribution in [0.4, 0.5) is 4.79 Å². The summed E-state index contributed by atoms with van der Waals surface area (Å²) < 4.78 is 23.9. The quantitative estimate of drug-likeness (QED) is 0.576. The molecule has 0 fully saturated rings. The van der Waals surface area contributed by atoms with Crippen molar-refractivity contribution < 1.29 is 28.2 Å². The smallest absolute Gasteiger partial charge is 0.408 e. The maximum absolute atomic E-state index is 12.8. The number of hydrogen-bond donors (Lipinski definition) is 3. The highest BCUT2D eigenvalue weighted by molar-refractivity contribution is 7.91. The van der Waals surface area contributed by atoms with Crippen LogP contribution in [0.2, 0.25) is 0 Å². The predicted octanol–water partition coefficient (Wildman–Crippen LogP) is 2.53. The first-order valence-electron chi connectivity index (χ1n) is 10.3.